The molecule has 0 N–H and O–H groups in total. The first-order valence-corrected chi connectivity index (χ1v) is 11.9. The van der Waals surface area contributed by atoms with E-state index in [9.17, 15) is 9.59 Å². The highest BCUT2D eigenvalue weighted by Crippen LogP contribution is 2.31. The lowest BCUT2D eigenvalue weighted by Gasteiger charge is -2.34. The molecule has 0 fully saturated rings. The Morgan fingerprint density at radius 1 is 1.12 bits per heavy atom. The van der Waals surface area contributed by atoms with Gasteiger partial charge in [-0.3, -0.25) is 14.3 Å². The van der Waals surface area contributed by atoms with Crippen LogP contribution in [0.5, 0.6) is 5.75 Å². The first kappa shape index (κ1) is 22.7. The Hall–Kier alpha value is -3.03. The second-order valence-electron chi connectivity index (χ2n) is 8.69. The van der Waals surface area contributed by atoms with Crippen LogP contribution in [0.3, 0.4) is 0 Å². The molecule has 1 aromatic heterocycles. The summed E-state index contributed by atoms with van der Waals surface area (Å²) in [6.45, 7) is 4.03. The van der Waals surface area contributed by atoms with Crippen molar-refractivity contribution >= 4 is 35.0 Å². The van der Waals surface area contributed by atoms with Gasteiger partial charge >= 0.3 is 0 Å². The summed E-state index contributed by atoms with van der Waals surface area (Å²) < 4.78 is 7.03. The number of hydrogen-bond acceptors (Lipinski definition) is 4. The van der Waals surface area contributed by atoms with E-state index in [4.69, 9.17) is 33.0 Å². The van der Waals surface area contributed by atoms with Crippen molar-refractivity contribution < 1.29 is 14.3 Å². The van der Waals surface area contributed by atoms with Gasteiger partial charge in [-0.05, 0) is 42.8 Å². The number of methoxy groups -OCH3 is 1. The topological polar surface area (TPSA) is 67.7 Å². The maximum absolute atomic E-state index is 13.5. The molecule has 7 nitrogen and oxygen atoms in total. The first-order valence-electron chi connectivity index (χ1n) is 11.1. The molecular formula is C25H24Cl2N4O3. The molecule has 0 unspecified atom stereocenters. The van der Waals surface area contributed by atoms with Crippen molar-refractivity contribution in [1.29, 1.82) is 0 Å². The van der Waals surface area contributed by atoms with Crippen LogP contribution >= 0.6 is 23.2 Å². The van der Waals surface area contributed by atoms with Gasteiger partial charge in [-0.15, -0.1) is 0 Å². The summed E-state index contributed by atoms with van der Waals surface area (Å²) in [5.74, 6) is 0.573. The number of hydrogen-bond donors (Lipinski definition) is 0. The molecule has 3 heterocycles. The van der Waals surface area contributed by atoms with E-state index >= 15 is 0 Å². The Bertz CT molecular complexity index is 1270. The van der Waals surface area contributed by atoms with Gasteiger partial charge in [-0.2, -0.15) is 5.10 Å². The molecule has 5 rings (SSSR count). The van der Waals surface area contributed by atoms with Crippen LogP contribution in [0, 0.1) is 0 Å². The highest BCUT2D eigenvalue weighted by Gasteiger charge is 2.37. The molecule has 0 saturated carbocycles. The quantitative estimate of drug-likeness (QED) is 0.533. The van der Waals surface area contributed by atoms with Crippen molar-refractivity contribution in [1.82, 2.24) is 19.6 Å². The third-order valence-electron chi connectivity index (χ3n) is 6.51. The molecule has 0 aliphatic carbocycles. The van der Waals surface area contributed by atoms with Crippen molar-refractivity contribution in [2.75, 3.05) is 13.7 Å². The Balaban J connectivity index is 1.40. The van der Waals surface area contributed by atoms with Crippen LogP contribution in [0.25, 0.3) is 0 Å². The van der Waals surface area contributed by atoms with E-state index in [1.165, 1.54) is 0 Å². The lowest BCUT2D eigenvalue weighted by Crippen LogP contribution is -2.44. The minimum Gasteiger partial charge on any atom is -0.497 e. The second kappa shape index (κ2) is 8.96. The average molecular weight is 499 g/mol. The summed E-state index contributed by atoms with van der Waals surface area (Å²) in [6.07, 6.45) is 0.591. The predicted molar refractivity (Wildman–Crippen MR) is 129 cm³/mol. The van der Waals surface area contributed by atoms with Gasteiger partial charge in [0.05, 0.1) is 35.9 Å². The van der Waals surface area contributed by atoms with Gasteiger partial charge in [0.1, 0.15) is 11.4 Å². The molecule has 2 aromatic carbocycles. The number of carbonyl (C=O) groups excluding carboxylic acids is 2. The normalized spacial score (nSPS) is 17.4. The number of ether oxygens (including phenoxy) is 1. The fourth-order valence-corrected chi connectivity index (χ4v) is 4.93. The van der Waals surface area contributed by atoms with Crippen LogP contribution < -0.4 is 4.74 Å². The van der Waals surface area contributed by atoms with E-state index in [1.54, 1.807) is 34.9 Å². The van der Waals surface area contributed by atoms with E-state index in [0.717, 1.165) is 22.6 Å². The molecule has 0 spiro atoms. The monoisotopic (exact) mass is 498 g/mol. The number of amides is 2. The number of halogens is 2. The lowest BCUT2D eigenvalue weighted by molar-refractivity contribution is 0.0637. The third kappa shape index (κ3) is 4.03. The van der Waals surface area contributed by atoms with Crippen LogP contribution in [-0.2, 0) is 26.1 Å². The van der Waals surface area contributed by atoms with Gasteiger partial charge in [0.2, 0.25) is 0 Å². The summed E-state index contributed by atoms with van der Waals surface area (Å²) in [7, 11) is 1.63. The molecule has 176 valence electrons. The number of rotatable bonds is 4. The van der Waals surface area contributed by atoms with Crippen molar-refractivity contribution in [3.05, 3.63) is 80.6 Å². The summed E-state index contributed by atoms with van der Waals surface area (Å²) in [5.41, 5.74) is 3.80. The van der Waals surface area contributed by atoms with Crippen molar-refractivity contribution in [3.8, 4) is 5.75 Å². The van der Waals surface area contributed by atoms with Gasteiger partial charge in [-0.25, -0.2) is 0 Å². The minimum absolute atomic E-state index is 0.0584. The Labute approximate surface area is 207 Å². The summed E-state index contributed by atoms with van der Waals surface area (Å²) in [6, 6.07) is 12.5. The van der Waals surface area contributed by atoms with E-state index in [2.05, 4.69) is 0 Å². The van der Waals surface area contributed by atoms with Crippen LogP contribution in [-0.4, -0.2) is 51.1 Å². The minimum atomic E-state index is -0.144. The molecule has 2 aliphatic rings. The third-order valence-corrected chi connectivity index (χ3v) is 7.25. The number of aromatic nitrogens is 2. The average Bonchev–Trinajstić information content (AvgIpc) is 3.20. The zero-order valence-corrected chi connectivity index (χ0v) is 20.4. The number of carbonyl (C=O) groups is 2. The van der Waals surface area contributed by atoms with Gasteiger partial charge in [0, 0.05) is 36.7 Å². The van der Waals surface area contributed by atoms with Crippen molar-refractivity contribution in [2.24, 2.45) is 0 Å². The summed E-state index contributed by atoms with van der Waals surface area (Å²) in [4.78, 5) is 30.4. The van der Waals surface area contributed by atoms with Gasteiger partial charge in [0.25, 0.3) is 11.8 Å². The zero-order valence-electron chi connectivity index (χ0n) is 18.9. The lowest BCUT2D eigenvalue weighted by atomic mass is 9.97. The van der Waals surface area contributed by atoms with E-state index in [1.807, 2.05) is 36.1 Å². The molecule has 2 aliphatic heterocycles. The maximum Gasteiger partial charge on any atom is 0.272 e. The first-order chi connectivity index (χ1) is 16.4. The van der Waals surface area contributed by atoms with Gasteiger partial charge in [0.15, 0.2) is 0 Å². The number of nitrogens with zero attached hydrogens (tertiary/aromatic N) is 4. The summed E-state index contributed by atoms with van der Waals surface area (Å²) in [5, 5.41) is 5.47. The van der Waals surface area contributed by atoms with Crippen molar-refractivity contribution in [3.63, 3.8) is 0 Å². The molecule has 0 bridgehead atoms. The molecule has 0 radical (unpaired) electrons. The second-order valence-corrected chi connectivity index (χ2v) is 9.50. The van der Waals surface area contributed by atoms with Crippen LogP contribution in [0.15, 0.2) is 42.5 Å². The van der Waals surface area contributed by atoms with E-state index in [-0.39, 0.29) is 17.9 Å². The highest BCUT2D eigenvalue weighted by atomic mass is 35.5. The van der Waals surface area contributed by atoms with Gasteiger partial charge in [-0.1, -0.05) is 35.3 Å². The largest absolute Gasteiger partial charge is 0.497 e. The number of fused-ring (bicyclic) bond motifs is 3. The molecule has 3 aromatic rings. The van der Waals surface area contributed by atoms with E-state index < -0.39 is 0 Å². The molecule has 2 amide bonds. The molecule has 34 heavy (non-hydrogen) atoms. The van der Waals surface area contributed by atoms with Crippen LogP contribution in [0.2, 0.25) is 10.0 Å². The molecule has 1 atom stereocenters. The SMILES string of the molecule is COc1ccc(CN2CCn3nc4c(c3C2=O)CN(C(=O)c2ccc(Cl)c(Cl)c2)[C@@H](C)C4)cc1. The standard InChI is InChI=1S/C25H24Cl2N4O3/c1-15-11-22-19(14-30(15)24(32)17-5-8-20(26)21(27)12-17)23-25(33)29(9-10-31(23)28-22)13-16-3-6-18(34-2)7-4-16/h3-8,12,15H,9-11,13-14H2,1-2H3/t15-/m0/s1. The maximum atomic E-state index is 13.5. The molecule has 0 saturated heterocycles. The fraction of sp³-hybridized carbons (Fsp3) is 0.320. The highest BCUT2D eigenvalue weighted by molar-refractivity contribution is 6.42. The predicted octanol–water partition coefficient (Wildman–Crippen LogP) is 4.44. The fourth-order valence-electron chi connectivity index (χ4n) is 4.63. The van der Waals surface area contributed by atoms with Gasteiger partial charge < -0.3 is 14.5 Å². The smallest absolute Gasteiger partial charge is 0.272 e. The Morgan fingerprint density at radius 2 is 1.88 bits per heavy atom. The van der Waals surface area contributed by atoms with Crippen molar-refractivity contribution in [2.45, 2.75) is 39.0 Å². The zero-order chi connectivity index (χ0) is 24.0. The Morgan fingerprint density at radius 3 is 2.59 bits per heavy atom. The summed E-state index contributed by atoms with van der Waals surface area (Å²) >= 11 is 12.2. The van der Waals surface area contributed by atoms with Crippen LogP contribution in [0.4, 0.5) is 0 Å². The molecule has 9 heteroatoms. The Kier molecular flexibility index (Phi) is 6.00. The van der Waals surface area contributed by atoms with Crippen LogP contribution in [0.1, 0.15) is 44.6 Å². The molecular weight excluding hydrogens is 475 g/mol. The van der Waals surface area contributed by atoms with E-state index in [0.29, 0.717) is 53.9 Å². The number of benzene rings is 2.